The zero-order chi connectivity index (χ0) is 17.2. The largest absolute Gasteiger partial charge is 0.339 e. The SMILES string of the molecule is Cn1ccnc1-c1nc(N2CCSCC2)ncc1-c1ccc(F)cc1. The Morgan fingerprint density at radius 3 is 2.52 bits per heavy atom. The average Bonchev–Trinajstić information content (AvgIpc) is 3.08. The maximum absolute atomic E-state index is 13.3. The van der Waals surface area contributed by atoms with Crippen molar-refractivity contribution in [2.45, 2.75) is 0 Å². The minimum absolute atomic E-state index is 0.259. The van der Waals surface area contributed by atoms with Crippen LogP contribution in [0.15, 0.2) is 42.9 Å². The summed E-state index contributed by atoms with van der Waals surface area (Å²) >= 11 is 1.95. The summed E-state index contributed by atoms with van der Waals surface area (Å²) in [6.07, 6.45) is 5.47. The minimum Gasteiger partial charge on any atom is -0.339 e. The zero-order valence-corrected chi connectivity index (χ0v) is 14.7. The van der Waals surface area contributed by atoms with E-state index in [1.54, 1.807) is 18.3 Å². The van der Waals surface area contributed by atoms with Crippen molar-refractivity contribution in [2.75, 3.05) is 29.5 Å². The number of aryl methyl sites for hydroxylation is 1. The molecule has 5 nitrogen and oxygen atoms in total. The molecule has 2 aromatic heterocycles. The van der Waals surface area contributed by atoms with Gasteiger partial charge >= 0.3 is 0 Å². The second-order valence-electron chi connectivity index (χ2n) is 5.90. The molecule has 3 aromatic rings. The molecule has 0 N–H and O–H groups in total. The molecule has 0 spiro atoms. The number of benzene rings is 1. The van der Waals surface area contributed by atoms with Crippen molar-refractivity contribution >= 4 is 17.7 Å². The molecule has 1 fully saturated rings. The predicted molar refractivity (Wildman–Crippen MR) is 99.2 cm³/mol. The molecular formula is C18H18FN5S. The van der Waals surface area contributed by atoms with Gasteiger partial charge < -0.3 is 9.47 Å². The molecule has 25 heavy (non-hydrogen) atoms. The number of rotatable bonds is 3. The fourth-order valence-electron chi connectivity index (χ4n) is 2.89. The topological polar surface area (TPSA) is 46.8 Å². The van der Waals surface area contributed by atoms with Gasteiger partial charge in [0.15, 0.2) is 5.82 Å². The number of imidazole rings is 1. The molecule has 0 amide bonds. The third kappa shape index (κ3) is 3.24. The quantitative estimate of drug-likeness (QED) is 0.722. The summed E-state index contributed by atoms with van der Waals surface area (Å²) in [7, 11) is 1.94. The maximum atomic E-state index is 13.3. The summed E-state index contributed by atoms with van der Waals surface area (Å²) in [5, 5.41) is 0. The van der Waals surface area contributed by atoms with Crippen LogP contribution in [0.2, 0.25) is 0 Å². The van der Waals surface area contributed by atoms with Gasteiger partial charge in [-0.25, -0.2) is 19.3 Å². The number of hydrogen-bond donors (Lipinski definition) is 0. The van der Waals surface area contributed by atoms with Gasteiger partial charge in [0, 0.05) is 55.8 Å². The van der Waals surface area contributed by atoms with Crippen molar-refractivity contribution < 1.29 is 4.39 Å². The van der Waals surface area contributed by atoms with Gasteiger partial charge in [0.2, 0.25) is 5.95 Å². The summed E-state index contributed by atoms with van der Waals surface area (Å²) < 4.78 is 15.2. The van der Waals surface area contributed by atoms with Crippen molar-refractivity contribution in [3.05, 3.63) is 48.7 Å². The lowest BCUT2D eigenvalue weighted by Crippen LogP contribution is -2.33. The number of thioether (sulfide) groups is 1. The molecule has 0 atom stereocenters. The molecule has 0 saturated carbocycles. The first-order valence-corrected chi connectivity index (χ1v) is 9.31. The summed E-state index contributed by atoms with van der Waals surface area (Å²) in [6.45, 7) is 1.89. The molecule has 1 aromatic carbocycles. The van der Waals surface area contributed by atoms with Crippen LogP contribution in [-0.4, -0.2) is 44.1 Å². The number of aromatic nitrogens is 4. The number of halogens is 1. The lowest BCUT2D eigenvalue weighted by atomic mass is 10.1. The monoisotopic (exact) mass is 355 g/mol. The van der Waals surface area contributed by atoms with Crippen LogP contribution in [0.5, 0.6) is 0 Å². The van der Waals surface area contributed by atoms with Crippen molar-refractivity contribution in [1.82, 2.24) is 19.5 Å². The van der Waals surface area contributed by atoms with E-state index in [-0.39, 0.29) is 5.82 Å². The molecule has 1 saturated heterocycles. The molecule has 4 rings (SSSR count). The summed E-state index contributed by atoms with van der Waals surface area (Å²) in [6, 6.07) is 6.40. The normalized spacial score (nSPS) is 14.7. The fourth-order valence-corrected chi connectivity index (χ4v) is 3.80. The first kappa shape index (κ1) is 16.1. The van der Waals surface area contributed by atoms with E-state index >= 15 is 0 Å². The van der Waals surface area contributed by atoms with E-state index < -0.39 is 0 Å². The smallest absolute Gasteiger partial charge is 0.226 e. The van der Waals surface area contributed by atoms with Gasteiger partial charge in [-0.1, -0.05) is 12.1 Å². The summed E-state index contributed by atoms with van der Waals surface area (Å²) in [4.78, 5) is 16.1. The highest BCUT2D eigenvalue weighted by atomic mass is 32.2. The fraction of sp³-hybridized carbons (Fsp3) is 0.278. The Balaban J connectivity index is 1.83. The van der Waals surface area contributed by atoms with E-state index in [0.717, 1.165) is 53.2 Å². The van der Waals surface area contributed by atoms with Crippen LogP contribution in [0, 0.1) is 5.82 Å². The predicted octanol–water partition coefficient (Wildman–Crippen LogP) is 3.24. The van der Waals surface area contributed by atoms with Crippen LogP contribution in [0.3, 0.4) is 0 Å². The summed E-state index contributed by atoms with van der Waals surface area (Å²) in [5.74, 6) is 3.41. The second kappa shape index (κ2) is 6.84. The molecule has 1 aliphatic rings. The van der Waals surface area contributed by atoms with Crippen molar-refractivity contribution in [3.8, 4) is 22.6 Å². The first-order valence-electron chi connectivity index (χ1n) is 8.16. The highest BCUT2D eigenvalue weighted by Crippen LogP contribution is 2.31. The van der Waals surface area contributed by atoms with Gasteiger partial charge in [0.05, 0.1) is 0 Å². The van der Waals surface area contributed by atoms with Gasteiger partial charge in [-0.2, -0.15) is 11.8 Å². The highest BCUT2D eigenvalue weighted by molar-refractivity contribution is 7.99. The second-order valence-corrected chi connectivity index (χ2v) is 7.13. The van der Waals surface area contributed by atoms with Crippen LogP contribution in [0.1, 0.15) is 0 Å². The highest BCUT2D eigenvalue weighted by Gasteiger charge is 2.19. The van der Waals surface area contributed by atoms with Crippen LogP contribution in [0.4, 0.5) is 10.3 Å². The molecule has 0 radical (unpaired) electrons. The first-order chi connectivity index (χ1) is 12.2. The van der Waals surface area contributed by atoms with E-state index in [1.807, 2.05) is 35.8 Å². The minimum atomic E-state index is -0.259. The Labute approximate surface area is 149 Å². The van der Waals surface area contributed by atoms with Crippen molar-refractivity contribution in [3.63, 3.8) is 0 Å². The third-order valence-electron chi connectivity index (χ3n) is 4.26. The number of nitrogens with zero attached hydrogens (tertiary/aromatic N) is 5. The van der Waals surface area contributed by atoms with E-state index in [4.69, 9.17) is 4.98 Å². The van der Waals surface area contributed by atoms with Gasteiger partial charge in [0.25, 0.3) is 0 Å². The Kier molecular flexibility index (Phi) is 4.40. The molecule has 0 bridgehead atoms. The average molecular weight is 355 g/mol. The number of anilines is 1. The Morgan fingerprint density at radius 1 is 1.08 bits per heavy atom. The molecule has 0 aliphatic carbocycles. The summed E-state index contributed by atoms with van der Waals surface area (Å²) in [5.41, 5.74) is 2.49. The molecule has 3 heterocycles. The zero-order valence-electron chi connectivity index (χ0n) is 13.9. The molecule has 1 aliphatic heterocycles. The van der Waals surface area contributed by atoms with Crippen LogP contribution < -0.4 is 4.90 Å². The molecular weight excluding hydrogens is 337 g/mol. The van der Waals surface area contributed by atoms with E-state index in [1.165, 1.54) is 12.1 Å². The molecule has 7 heteroatoms. The van der Waals surface area contributed by atoms with E-state index in [0.29, 0.717) is 0 Å². The van der Waals surface area contributed by atoms with E-state index in [9.17, 15) is 4.39 Å². The lowest BCUT2D eigenvalue weighted by molar-refractivity contribution is 0.628. The van der Waals surface area contributed by atoms with Crippen molar-refractivity contribution in [1.29, 1.82) is 0 Å². The van der Waals surface area contributed by atoms with Crippen LogP contribution in [-0.2, 0) is 7.05 Å². The van der Waals surface area contributed by atoms with Crippen LogP contribution >= 0.6 is 11.8 Å². The van der Waals surface area contributed by atoms with Crippen LogP contribution in [0.25, 0.3) is 22.6 Å². The standard InChI is InChI=1S/C18H18FN5S/c1-23-7-6-20-17(23)16-15(13-2-4-14(19)5-3-13)12-21-18(22-16)24-8-10-25-11-9-24/h2-7,12H,8-11H2,1H3. The van der Waals surface area contributed by atoms with Gasteiger partial charge in [-0.05, 0) is 17.7 Å². The molecule has 0 unspecified atom stereocenters. The Hall–Kier alpha value is -2.41. The Morgan fingerprint density at radius 2 is 1.84 bits per heavy atom. The molecule has 128 valence electrons. The third-order valence-corrected chi connectivity index (χ3v) is 5.20. The maximum Gasteiger partial charge on any atom is 0.226 e. The van der Waals surface area contributed by atoms with Crippen molar-refractivity contribution in [2.24, 2.45) is 7.05 Å². The Bertz CT molecular complexity index is 871. The van der Waals surface area contributed by atoms with Gasteiger partial charge in [-0.3, -0.25) is 0 Å². The number of hydrogen-bond acceptors (Lipinski definition) is 5. The van der Waals surface area contributed by atoms with E-state index in [2.05, 4.69) is 14.9 Å². The van der Waals surface area contributed by atoms with Gasteiger partial charge in [-0.15, -0.1) is 0 Å². The van der Waals surface area contributed by atoms with Gasteiger partial charge in [0.1, 0.15) is 11.5 Å². The lowest BCUT2D eigenvalue weighted by Gasteiger charge is -2.26.